The predicted octanol–water partition coefficient (Wildman–Crippen LogP) is 2.39. The van der Waals surface area contributed by atoms with E-state index in [1.165, 1.54) is 25.7 Å². The smallest absolute Gasteiger partial charge is 0.000835 e. The normalized spacial score (nSPS) is 13.5. The van der Waals surface area contributed by atoms with Crippen molar-refractivity contribution in [3.05, 3.63) is 0 Å². The fourth-order valence-corrected chi connectivity index (χ4v) is 1.78. The Kier molecular flexibility index (Phi) is 9.42. The summed E-state index contributed by atoms with van der Waals surface area (Å²) in [5.74, 6) is 1.52. The van der Waals surface area contributed by atoms with Crippen LogP contribution in [0.4, 0.5) is 0 Å². The van der Waals surface area contributed by atoms with Crippen molar-refractivity contribution in [1.82, 2.24) is 5.32 Å². The zero-order chi connectivity index (χ0) is 10.8. The number of rotatable bonds is 9. The SMILES string of the molecule is CCCC(CN)CNCC(CC)CC. The van der Waals surface area contributed by atoms with Gasteiger partial charge in [-0.25, -0.2) is 0 Å². The van der Waals surface area contributed by atoms with Crippen molar-refractivity contribution in [2.45, 2.75) is 46.5 Å². The molecule has 0 aromatic heterocycles. The molecule has 0 fully saturated rings. The molecule has 0 rings (SSSR count). The molecule has 0 aliphatic heterocycles. The summed E-state index contributed by atoms with van der Waals surface area (Å²) in [6.45, 7) is 9.84. The molecule has 0 saturated heterocycles. The minimum atomic E-state index is 0.675. The Hall–Kier alpha value is -0.0800. The van der Waals surface area contributed by atoms with Crippen molar-refractivity contribution in [1.29, 1.82) is 0 Å². The van der Waals surface area contributed by atoms with Crippen molar-refractivity contribution < 1.29 is 0 Å². The standard InChI is InChI=1S/C12H28N2/c1-4-7-12(8-13)10-14-9-11(5-2)6-3/h11-12,14H,4-10,13H2,1-3H3. The van der Waals surface area contributed by atoms with E-state index in [1.807, 2.05) is 0 Å². The zero-order valence-corrected chi connectivity index (χ0v) is 10.2. The van der Waals surface area contributed by atoms with Gasteiger partial charge in [-0.3, -0.25) is 0 Å². The minimum absolute atomic E-state index is 0.675. The molecule has 0 aromatic carbocycles. The van der Waals surface area contributed by atoms with E-state index in [0.717, 1.165) is 25.6 Å². The molecule has 86 valence electrons. The Morgan fingerprint density at radius 3 is 2.00 bits per heavy atom. The third kappa shape index (κ3) is 6.39. The van der Waals surface area contributed by atoms with Crippen LogP contribution in [0.15, 0.2) is 0 Å². The van der Waals surface area contributed by atoms with Crippen LogP contribution in [-0.2, 0) is 0 Å². The first kappa shape index (κ1) is 13.9. The zero-order valence-electron chi connectivity index (χ0n) is 10.2. The molecule has 0 saturated carbocycles. The molecular formula is C12H28N2. The van der Waals surface area contributed by atoms with Gasteiger partial charge in [0.2, 0.25) is 0 Å². The monoisotopic (exact) mass is 200 g/mol. The molecule has 0 aliphatic carbocycles. The molecule has 2 heteroatoms. The van der Waals surface area contributed by atoms with Crippen LogP contribution in [0.5, 0.6) is 0 Å². The van der Waals surface area contributed by atoms with Crippen LogP contribution in [-0.4, -0.2) is 19.6 Å². The second-order valence-electron chi connectivity index (χ2n) is 4.23. The third-order valence-electron chi connectivity index (χ3n) is 3.05. The summed E-state index contributed by atoms with van der Waals surface area (Å²) in [4.78, 5) is 0. The number of hydrogen-bond acceptors (Lipinski definition) is 2. The van der Waals surface area contributed by atoms with Crippen LogP contribution >= 0.6 is 0 Å². The Labute approximate surface area is 89.6 Å². The quantitative estimate of drug-likeness (QED) is 0.600. The fraction of sp³-hybridized carbons (Fsp3) is 1.00. The maximum atomic E-state index is 5.70. The summed E-state index contributed by atoms with van der Waals surface area (Å²) in [7, 11) is 0. The van der Waals surface area contributed by atoms with Crippen molar-refractivity contribution in [2.24, 2.45) is 17.6 Å². The molecule has 0 bridgehead atoms. The van der Waals surface area contributed by atoms with E-state index < -0.39 is 0 Å². The summed E-state index contributed by atoms with van der Waals surface area (Å²) in [6, 6.07) is 0. The lowest BCUT2D eigenvalue weighted by Crippen LogP contribution is -2.31. The first-order chi connectivity index (χ1) is 6.78. The van der Waals surface area contributed by atoms with Gasteiger partial charge >= 0.3 is 0 Å². The lowest BCUT2D eigenvalue weighted by molar-refractivity contribution is 0.398. The van der Waals surface area contributed by atoms with Crippen molar-refractivity contribution in [3.8, 4) is 0 Å². The second-order valence-corrected chi connectivity index (χ2v) is 4.23. The average Bonchev–Trinajstić information content (AvgIpc) is 2.23. The Bertz CT molecular complexity index is 111. The molecule has 0 radical (unpaired) electrons. The highest BCUT2D eigenvalue weighted by atomic mass is 14.9. The highest BCUT2D eigenvalue weighted by Crippen LogP contribution is 2.07. The number of nitrogens with two attached hydrogens (primary N) is 1. The molecule has 0 aromatic rings. The first-order valence-electron chi connectivity index (χ1n) is 6.19. The fourth-order valence-electron chi connectivity index (χ4n) is 1.78. The van der Waals surface area contributed by atoms with Gasteiger partial charge in [0.25, 0.3) is 0 Å². The van der Waals surface area contributed by atoms with Gasteiger partial charge in [-0.15, -0.1) is 0 Å². The molecular weight excluding hydrogens is 172 g/mol. The molecule has 0 spiro atoms. The van der Waals surface area contributed by atoms with Gasteiger partial charge in [0, 0.05) is 0 Å². The van der Waals surface area contributed by atoms with Gasteiger partial charge in [0.05, 0.1) is 0 Å². The summed E-state index contributed by atoms with van der Waals surface area (Å²) < 4.78 is 0. The maximum absolute atomic E-state index is 5.70. The predicted molar refractivity (Wildman–Crippen MR) is 64.4 cm³/mol. The highest BCUT2D eigenvalue weighted by molar-refractivity contribution is 4.65. The first-order valence-corrected chi connectivity index (χ1v) is 6.19. The summed E-state index contributed by atoms with van der Waals surface area (Å²) in [6.07, 6.45) is 5.07. The molecule has 0 heterocycles. The van der Waals surface area contributed by atoms with Crippen LogP contribution in [0, 0.1) is 11.8 Å². The Morgan fingerprint density at radius 1 is 1.00 bits per heavy atom. The van der Waals surface area contributed by atoms with E-state index in [-0.39, 0.29) is 0 Å². The summed E-state index contributed by atoms with van der Waals surface area (Å²) in [5, 5.41) is 3.54. The van der Waals surface area contributed by atoms with Crippen molar-refractivity contribution in [3.63, 3.8) is 0 Å². The molecule has 1 atom stereocenters. The average molecular weight is 200 g/mol. The number of hydrogen-bond donors (Lipinski definition) is 2. The van der Waals surface area contributed by atoms with Crippen LogP contribution in [0.3, 0.4) is 0 Å². The van der Waals surface area contributed by atoms with Gasteiger partial charge in [-0.1, -0.05) is 40.0 Å². The molecule has 2 nitrogen and oxygen atoms in total. The van der Waals surface area contributed by atoms with Gasteiger partial charge in [-0.05, 0) is 37.9 Å². The van der Waals surface area contributed by atoms with Crippen LogP contribution in [0.1, 0.15) is 46.5 Å². The lowest BCUT2D eigenvalue weighted by atomic mass is 10.0. The lowest BCUT2D eigenvalue weighted by Gasteiger charge is -2.17. The Morgan fingerprint density at radius 2 is 1.57 bits per heavy atom. The molecule has 0 aliphatic rings. The second kappa shape index (κ2) is 9.47. The van der Waals surface area contributed by atoms with E-state index >= 15 is 0 Å². The van der Waals surface area contributed by atoms with E-state index in [4.69, 9.17) is 5.73 Å². The molecule has 1 unspecified atom stereocenters. The minimum Gasteiger partial charge on any atom is -0.330 e. The van der Waals surface area contributed by atoms with Crippen molar-refractivity contribution in [2.75, 3.05) is 19.6 Å². The molecule has 14 heavy (non-hydrogen) atoms. The summed E-state index contributed by atoms with van der Waals surface area (Å²) in [5.41, 5.74) is 5.70. The van der Waals surface area contributed by atoms with Gasteiger partial charge in [0.1, 0.15) is 0 Å². The molecule has 3 N–H and O–H groups in total. The van der Waals surface area contributed by atoms with Crippen LogP contribution in [0.25, 0.3) is 0 Å². The van der Waals surface area contributed by atoms with E-state index in [2.05, 4.69) is 26.1 Å². The van der Waals surface area contributed by atoms with Gasteiger partial charge < -0.3 is 11.1 Å². The topological polar surface area (TPSA) is 38.0 Å². The summed E-state index contributed by atoms with van der Waals surface area (Å²) >= 11 is 0. The maximum Gasteiger partial charge on any atom is -0.000835 e. The highest BCUT2D eigenvalue weighted by Gasteiger charge is 2.06. The largest absolute Gasteiger partial charge is 0.330 e. The van der Waals surface area contributed by atoms with E-state index in [0.29, 0.717) is 5.92 Å². The van der Waals surface area contributed by atoms with E-state index in [9.17, 15) is 0 Å². The van der Waals surface area contributed by atoms with Crippen LogP contribution in [0.2, 0.25) is 0 Å². The number of nitrogens with one attached hydrogen (secondary N) is 1. The van der Waals surface area contributed by atoms with E-state index in [1.54, 1.807) is 0 Å². The third-order valence-corrected chi connectivity index (χ3v) is 3.05. The molecule has 0 amide bonds. The van der Waals surface area contributed by atoms with Crippen LogP contribution < -0.4 is 11.1 Å². The van der Waals surface area contributed by atoms with Crippen molar-refractivity contribution >= 4 is 0 Å². The van der Waals surface area contributed by atoms with Gasteiger partial charge in [0.15, 0.2) is 0 Å². The Balaban J connectivity index is 3.48. The van der Waals surface area contributed by atoms with Gasteiger partial charge in [-0.2, -0.15) is 0 Å².